The van der Waals surface area contributed by atoms with Crippen LogP contribution in [0.4, 0.5) is 5.69 Å². The molecule has 1 N–H and O–H groups in total. The number of anilines is 1. The number of nitrogens with one attached hydrogen (secondary N) is 1. The molecule has 2 unspecified atom stereocenters. The number of hydrogen-bond acceptors (Lipinski definition) is 4. The Labute approximate surface area is 208 Å². The number of aryl methyl sites for hydroxylation is 1. The fourth-order valence-electron chi connectivity index (χ4n) is 4.23. The van der Waals surface area contributed by atoms with E-state index in [1.54, 1.807) is 19.2 Å². The highest BCUT2D eigenvalue weighted by molar-refractivity contribution is 7.89. The van der Waals surface area contributed by atoms with Gasteiger partial charge in [0.05, 0.1) is 36.0 Å². The van der Waals surface area contributed by atoms with Crippen molar-refractivity contribution in [2.45, 2.75) is 56.6 Å². The zero-order valence-corrected chi connectivity index (χ0v) is 21.7. The van der Waals surface area contributed by atoms with Crippen molar-refractivity contribution in [2.24, 2.45) is 4.99 Å². The minimum Gasteiger partial charge on any atom is -0.497 e. The van der Waals surface area contributed by atoms with E-state index in [1.807, 2.05) is 82.6 Å². The molecule has 0 fully saturated rings. The average Bonchev–Trinajstić information content (AvgIpc) is 3.19. The average molecular weight is 492 g/mol. The molecule has 7 heteroatoms. The molecule has 4 rings (SSSR count). The van der Waals surface area contributed by atoms with Gasteiger partial charge in [0.25, 0.3) is 0 Å². The van der Waals surface area contributed by atoms with Gasteiger partial charge in [-0.2, -0.15) is 0 Å². The number of aliphatic imine (C=N–C) groups is 1. The van der Waals surface area contributed by atoms with Gasteiger partial charge in [-0.3, -0.25) is 4.99 Å². The Hall–Kier alpha value is -3.16. The predicted molar refractivity (Wildman–Crippen MR) is 142 cm³/mol. The lowest BCUT2D eigenvalue weighted by Crippen LogP contribution is -2.44. The summed E-state index contributed by atoms with van der Waals surface area (Å²) in [6, 6.07) is 21.9. The van der Waals surface area contributed by atoms with Gasteiger partial charge < -0.3 is 9.64 Å². The monoisotopic (exact) mass is 491 g/mol. The largest absolute Gasteiger partial charge is 0.497 e. The molecule has 0 saturated carbocycles. The van der Waals surface area contributed by atoms with Gasteiger partial charge in [0.15, 0.2) is 0 Å². The van der Waals surface area contributed by atoms with Gasteiger partial charge in [-0.15, -0.1) is 0 Å². The molecule has 2 atom stereocenters. The SMILES string of the molecule is COc1ccc(C(NS(=O)(=O)c2ccc(C)cc2)C2Cc3ccccc3N2C=NC(C)(C)C)cc1. The first-order valence-electron chi connectivity index (χ1n) is 11.7. The number of para-hydroxylation sites is 1. The second kappa shape index (κ2) is 9.84. The van der Waals surface area contributed by atoms with Crippen LogP contribution in [0.5, 0.6) is 5.75 Å². The number of sulfonamides is 1. The maximum Gasteiger partial charge on any atom is 0.241 e. The van der Waals surface area contributed by atoms with Crippen LogP contribution in [0.3, 0.4) is 0 Å². The fourth-order valence-corrected chi connectivity index (χ4v) is 5.49. The topological polar surface area (TPSA) is 71.0 Å². The Morgan fingerprint density at radius 2 is 1.69 bits per heavy atom. The molecule has 1 aliphatic rings. The molecule has 0 spiro atoms. The van der Waals surface area contributed by atoms with Crippen molar-refractivity contribution in [1.29, 1.82) is 0 Å². The van der Waals surface area contributed by atoms with Crippen LogP contribution in [0, 0.1) is 6.92 Å². The van der Waals surface area contributed by atoms with Crippen molar-refractivity contribution >= 4 is 22.0 Å². The van der Waals surface area contributed by atoms with Crippen LogP contribution in [0.25, 0.3) is 0 Å². The lowest BCUT2D eigenvalue weighted by molar-refractivity contribution is 0.414. The van der Waals surface area contributed by atoms with E-state index >= 15 is 0 Å². The first-order chi connectivity index (χ1) is 16.6. The highest BCUT2D eigenvalue weighted by atomic mass is 32.2. The van der Waals surface area contributed by atoms with Gasteiger partial charge >= 0.3 is 0 Å². The van der Waals surface area contributed by atoms with E-state index < -0.39 is 16.1 Å². The van der Waals surface area contributed by atoms with Crippen molar-refractivity contribution in [3.63, 3.8) is 0 Å². The van der Waals surface area contributed by atoms with Crippen LogP contribution in [-0.4, -0.2) is 33.4 Å². The van der Waals surface area contributed by atoms with Crippen molar-refractivity contribution in [3.05, 3.63) is 89.5 Å². The lowest BCUT2D eigenvalue weighted by Gasteiger charge is -2.32. The van der Waals surface area contributed by atoms with Crippen molar-refractivity contribution in [3.8, 4) is 5.75 Å². The van der Waals surface area contributed by atoms with E-state index in [4.69, 9.17) is 9.73 Å². The van der Waals surface area contributed by atoms with Crippen LogP contribution in [-0.2, 0) is 16.4 Å². The molecule has 0 aromatic heterocycles. The molecule has 0 bridgehead atoms. The fraction of sp³-hybridized carbons (Fsp3) is 0.321. The van der Waals surface area contributed by atoms with Crippen LogP contribution in [0.15, 0.2) is 82.7 Å². The second-order valence-corrected chi connectivity index (χ2v) is 11.6. The lowest BCUT2D eigenvalue weighted by atomic mass is 9.97. The summed E-state index contributed by atoms with van der Waals surface area (Å²) in [5, 5.41) is 0. The highest BCUT2D eigenvalue weighted by Gasteiger charge is 2.37. The van der Waals surface area contributed by atoms with Gasteiger partial charge in [-0.25, -0.2) is 13.1 Å². The third-order valence-electron chi connectivity index (χ3n) is 6.10. The minimum atomic E-state index is -3.78. The third kappa shape index (κ3) is 5.74. The molecule has 1 heterocycles. The zero-order valence-electron chi connectivity index (χ0n) is 20.9. The molecule has 0 aliphatic carbocycles. The summed E-state index contributed by atoms with van der Waals surface area (Å²) >= 11 is 0. The van der Waals surface area contributed by atoms with Crippen molar-refractivity contribution in [1.82, 2.24) is 4.72 Å². The standard InChI is InChI=1S/C28H33N3O3S/c1-20-10-16-24(17-11-20)35(32,33)30-27(21-12-14-23(34-5)15-13-21)26-18-22-8-6-7-9-25(22)31(26)19-29-28(2,3)4/h6-17,19,26-27,30H,18H2,1-5H3. The second-order valence-electron chi connectivity index (χ2n) is 9.91. The molecular formula is C28H33N3O3S. The number of methoxy groups -OCH3 is 1. The summed E-state index contributed by atoms with van der Waals surface area (Å²) in [5.41, 5.74) is 3.79. The molecule has 3 aromatic carbocycles. The number of benzene rings is 3. The first-order valence-corrected chi connectivity index (χ1v) is 13.2. The van der Waals surface area contributed by atoms with E-state index in [2.05, 4.69) is 21.8 Å². The zero-order chi connectivity index (χ0) is 25.2. The maximum atomic E-state index is 13.5. The summed E-state index contributed by atoms with van der Waals surface area (Å²) < 4.78 is 35.4. The minimum absolute atomic E-state index is 0.202. The molecule has 0 radical (unpaired) electrons. The van der Waals surface area contributed by atoms with E-state index in [0.717, 1.165) is 28.1 Å². The molecule has 3 aromatic rings. The van der Waals surface area contributed by atoms with Crippen LogP contribution in [0.2, 0.25) is 0 Å². The molecule has 35 heavy (non-hydrogen) atoms. The normalized spacial score (nSPS) is 16.9. The number of hydrogen-bond donors (Lipinski definition) is 1. The quantitative estimate of drug-likeness (QED) is 0.361. The van der Waals surface area contributed by atoms with E-state index in [9.17, 15) is 8.42 Å². The summed E-state index contributed by atoms with van der Waals surface area (Å²) in [6.45, 7) is 8.07. The van der Waals surface area contributed by atoms with E-state index in [-0.39, 0.29) is 16.5 Å². The van der Waals surface area contributed by atoms with Crippen LogP contribution >= 0.6 is 0 Å². The smallest absolute Gasteiger partial charge is 0.241 e. The Morgan fingerprint density at radius 3 is 2.31 bits per heavy atom. The van der Waals surface area contributed by atoms with Gasteiger partial charge in [0.2, 0.25) is 10.0 Å². The van der Waals surface area contributed by atoms with Crippen LogP contribution < -0.4 is 14.4 Å². The van der Waals surface area contributed by atoms with E-state index in [1.165, 1.54) is 0 Å². The number of rotatable bonds is 7. The van der Waals surface area contributed by atoms with Crippen LogP contribution in [0.1, 0.15) is 43.5 Å². The Morgan fingerprint density at radius 1 is 1.03 bits per heavy atom. The maximum absolute atomic E-state index is 13.5. The van der Waals surface area contributed by atoms with Crippen molar-refractivity contribution < 1.29 is 13.2 Å². The molecule has 184 valence electrons. The van der Waals surface area contributed by atoms with Gasteiger partial charge in [-0.1, -0.05) is 48.0 Å². The number of ether oxygens (including phenoxy) is 1. The molecule has 0 saturated heterocycles. The summed E-state index contributed by atoms with van der Waals surface area (Å²) in [4.78, 5) is 7.11. The Bertz CT molecular complexity index is 1290. The van der Waals surface area contributed by atoms with Gasteiger partial charge in [-0.05, 0) is 75.6 Å². The third-order valence-corrected chi connectivity index (χ3v) is 7.56. The number of nitrogens with zero attached hydrogens (tertiary/aromatic N) is 2. The highest BCUT2D eigenvalue weighted by Crippen LogP contribution is 2.38. The molecular weight excluding hydrogens is 458 g/mol. The predicted octanol–water partition coefficient (Wildman–Crippen LogP) is 5.28. The van der Waals surface area contributed by atoms with Gasteiger partial charge in [0, 0.05) is 5.69 Å². The molecule has 6 nitrogen and oxygen atoms in total. The number of fused-ring (bicyclic) bond motifs is 1. The first kappa shape index (κ1) is 24.9. The van der Waals surface area contributed by atoms with Crippen molar-refractivity contribution in [2.75, 3.05) is 12.0 Å². The summed E-state index contributed by atoms with van der Waals surface area (Å²) in [7, 11) is -2.17. The van der Waals surface area contributed by atoms with Gasteiger partial charge in [0.1, 0.15) is 5.75 Å². The van der Waals surface area contributed by atoms with E-state index in [0.29, 0.717) is 6.42 Å². The summed E-state index contributed by atoms with van der Waals surface area (Å²) in [5.74, 6) is 0.717. The molecule has 1 aliphatic heterocycles. The molecule has 0 amide bonds. The Balaban J connectivity index is 1.78. The summed E-state index contributed by atoms with van der Waals surface area (Å²) in [6.07, 6.45) is 2.53. The Kier molecular flexibility index (Phi) is 7.01.